The molecule has 1 aliphatic rings. The molecule has 1 N–H and O–H groups in total. The van der Waals surface area contributed by atoms with E-state index in [0.29, 0.717) is 6.42 Å². The van der Waals surface area contributed by atoms with Gasteiger partial charge < -0.3 is 10.0 Å². The van der Waals surface area contributed by atoms with Crippen LogP contribution in [0.4, 0.5) is 0 Å². The van der Waals surface area contributed by atoms with Crippen LogP contribution in [0.15, 0.2) is 0 Å². The second kappa shape index (κ2) is 3.44. The van der Waals surface area contributed by atoms with Crippen molar-refractivity contribution in [2.24, 2.45) is 0 Å². The number of amides is 1. The highest BCUT2D eigenvalue weighted by Crippen LogP contribution is 2.21. The van der Waals surface area contributed by atoms with Crippen molar-refractivity contribution < 1.29 is 14.7 Å². The second-order valence-electron chi connectivity index (χ2n) is 3.00. The third kappa shape index (κ3) is 1.61. The van der Waals surface area contributed by atoms with Gasteiger partial charge in [0.05, 0.1) is 6.07 Å². The highest BCUT2D eigenvalue weighted by molar-refractivity contribution is 5.87. The Hall–Kier alpha value is -1.57. The van der Waals surface area contributed by atoms with Crippen molar-refractivity contribution in [3.8, 4) is 6.07 Å². The Morgan fingerprint density at radius 2 is 2.46 bits per heavy atom. The average molecular weight is 182 g/mol. The Morgan fingerprint density at radius 3 is 2.92 bits per heavy atom. The van der Waals surface area contributed by atoms with E-state index < -0.39 is 18.1 Å². The maximum Gasteiger partial charge on any atom is 0.326 e. The fraction of sp³-hybridized carbons (Fsp3) is 0.625. The van der Waals surface area contributed by atoms with Crippen molar-refractivity contribution >= 4 is 11.9 Å². The van der Waals surface area contributed by atoms with Crippen molar-refractivity contribution in [3.63, 3.8) is 0 Å². The van der Waals surface area contributed by atoms with Crippen LogP contribution in [0.2, 0.25) is 0 Å². The molecule has 0 bridgehead atoms. The molecule has 1 aliphatic heterocycles. The van der Waals surface area contributed by atoms with Crippen molar-refractivity contribution in [1.29, 1.82) is 5.26 Å². The fourth-order valence-electron chi connectivity index (χ4n) is 1.49. The number of carbonyl (C=O) groups excluding carboxylic acids is 1. The molecule has 0 aliphatic carbocycles. The zero-order valence-electron chi connectivity index (χ0n) is 7.23. The molecule has 0 aromatic rings. The van der Waals surface area contributed by atoms with Gasteiger partial charge in [0.15, 0.2) is 0 Å². The van der Waals surface area contributed by atoms with E-state index >= 15 is 0 Å². The Kier molecular flexibility index (Phi) is 2.52. The quantitative estimate of drug-likeness (QED) is 0.650. The van der Waals surface area contributed by atoms with Gasteiger partial charge in [0, 0.05) is 6.42 Å². The highest BCUT2D eigenvalue weighted by Gasteiger charge is 2.38. The van der Waals surface area contributed by atoms with Crippen molar-refractivity contribution in [3.05, 3.63) is 0 Å². The zero-order chi connectivity index (χ0) is 10.0. The number of hydrogen-bond donors (Lipinski definition) is 1. The molecule has 1 fully saturated rings. The molecule has 1 amide bonds. The first-order valence-corrected chi connectivity index (χ1v) is 4.01. The lowest BCUT2D eigenvalue weighted by Crippen LogP contribution is -2.43. The Bertz CT molecular complexity index is 282. The number of carboxylic acid groups (broad SMARTS) is 1. The summed E-state index contributed by atoms with van der Waals surface area (Å²) in [7, 11) is 0. The van der Waals surface area contributed by atoms with Gasteiger partial charge in [0.1, 0.15) is 12.1 Å². The number of likely N-dealkylation sites (tertiary alicyclic amines) is 1. The molecule has 1 heterocycles. The van der Waals surface area contributed by atoms with Crippen LogP contribution in [0.5, 0.6) is 0 Å². The molecular weight excluding hydrogens is 172 g/mol. The second-order valence-corrected chi connectivity index (χ2v) is 3.00. The normalized spacial score (nSPS) is 24.2. The predicted molar refractivity (Wildman–Crippen MR) is 42.6 cm³/mol. The van der Waals surface area contributed by atoms with Gasteiger partial charge in [0.25, 0.3) is 0 Å². The summed E-state index contributed by atoms with van der Waals surface area (Å²) in [6.07, 6.45) is 0.531. The van der Waals surface area contributed by atoms with E-state index in [0.717, 1.165) is 4.90 Å². The minimum Gasteiger partial charge on any atom is -0.480 e. The summed E-state index contributed by atoms with van der Waals surface area (Å²) in [5.41, 5.74) is 0. The van der Waals surface area contributed by atoms with Gasteiger partial charge in [-0.1, -0.05) is 0 Å². The lowest BCUT2D eigenvalue weighted by molar-refractivity contribution is -0.146. The largest absolute Gasteiger partial charge is 0.480 e. The van der Waals surface area contributed by atoms with E-state index in [9.17, 15) is 9.59 Å². The first kappa shape index (κ1) is 9.52. The van der Waals surface area contributed by atoms with Crippen LogP contribution in [-0.4, -0.2) is 34.0 Å². The Balaban J connectivity index is 2.84. The highest BCUT2D eigenvalue weighted by atomic mass is 16.4. The summed E-state index contributed by atoms with van der Waals surface area (Å²) < 4.78 is 0. The molecule has 1 rings (SSSR count). The van der Waals surface area contributed by atoms with E-state index in [4.69, 9.17) is 10.4 Å². The van der Waals surface area contributed by atoms with Crippen LogP contribution in [0.25, 0.3) is 0 Å². The van der Waals surface area contributed by atoms with Gasteiger partial charge in [-0.3, -0.25) is 4.79 Å². The van der Waals surface area contributed by atoms with Crippen LogP contribution in [0.1, 0.15) is 19.8 Å². The maximum atomic E-state index is 11.2. The summed E-state index contributed by atoms with van der Waals surface area (Å²) in [5, 5.41) is 17.3. The lowest BCUT2D eigenvalue weighted by Gasteiger charge is -2.23. The summed E-state index contributed by atoms with van der Waals surface area (Å²) in [6, 6.07) is 0.390. The van der Waals surface area contributed by atoms with E-state index in [1.54, 1.807) is 0 Å². The fourth-order valence-corrected chi connectivity index (χ4v) is 1.49. The van der Waals surface area contributed by atoms with Gasteiger partial charge >= 0.3 is 5.97 Å². The lowest BCUT2D eigenvalue weighted by atomic mass is 10.2. The minimum absolute atomic E-state index is 0.225. The summed E-state index contributed by atoms with van der Waals surface area (Å²) in [6.45, 7) is 1.53. The molecule has 70 valence electrons. The van der Waals surface area contributed by atoms with Gasteiger partial charge in [-0.15, -0.1) is 0 Å². The minimum atomic E-state index is -1.03. The third-order valence-electron chi connectivity index (χ3n) is 2.14. The molecule has 0 radical (unpaired) electrons. The predicted octanol–water partition coefficient (Wildman–Crippen LogP) is -0.0259. The molecule has 5 nitrogen and oxygen atoms in total. The van der Waals surface area contributed by atoms with Crippen LogP contribution in [0.3, 0.4) is 0 Å². The number of carboxylic acids is 1. The number of aliphatic carboxylic acids is 1. The number of rotatable bonds is 2. The summed E-state index contributed by atoms with van der Waals surface area (Å²) in [5.74, 6) is -1.28. The van der Waals surface area contributed by atoms with E-state index in [1.165, 1.54) is 6.92 Å². The van der Waals surface area contributed by atoms with Gasteiger partial charge in [0.2, 0.25) is 5.91 Å². The first-order chi connectivity index (χ1) is 6.07. The monoisotopic (exact) mass is 182 g/mol. The number of nitriles is 1. The number of nitrogens with zero attached hydrogens (tertiary/aromatic N) is 2. The molecule has 0 saturated carbocycles. The topological polar surface area (TPSA) is 81.4 Å². The summed E-state index contributed by atoms with van der Waals surface area (Å²) in [4.78, 5) is 23.0. The van der Waals surface area contributed by atoms with E-state index in [1.807, 2.05) is 6.07 Å². The SMILES string of the molecule is CC(C#N)N1C(=O)CCC1C(=O)O. The zero-order valence-corrected chi connectivity index (χ0v) is 7.23. The molecule has 2 atom stereocenters. The smallest absolute Gasteiger partial charge is 0.326 e. The van der Waals surface area contributed by atoms with E-state index in [-0.39, 0.29) is 12.3 Å². The van der Waals surface area contributed by atoms with Crippen LogP contribution >= 0.6 is 0 Å². The molecule has 0 aromatic carbocycles. The van der Waals surface area contributed by atoms with Crippen LogP contribution in [0, 0.1) is 11.3 Å². The third-order valence-corrected chi connectivity index (χ3v) is 2.14. The Morgan fingerprint density at radius 1 is 1.85 bits per heavy atom. The molecule has 0 aromatic heterocycles. The van der Waals surface area contributed by atoms with E-state index in [2.05, 4.69) is 0 Å². The molecule has 1 saturated heterocycles. The van der Waals surface area contributed by atoms with Gasteiger partial charge in [-0.05, 0) is 13.3 Å². The van der Waals surface area contributed by atoms with Crippen LogP contribution < -0.4 is 0 Å². The molecular formula is C8H10N2O3. The van der Waals surface area contributed by atoms with Gasteiger partial charge in [-0.25, -0.2) is 4.79 Å². The molecule has 0 spiro atoms. The first-order valence-electron chi connectivity index (χ1n) is 4.01. The molecule has 2 unspecified atom stereocenters. The van der Waals surface area contributed by atoms with Crippen molar-refractivity contribution in [2.75, 3.05) is 0 Å². The molecule has 13 heavy (non-hydrogen) atoms. The standard InChI is InChI=1S/C8H10N2O3/c1-5(4-9)10-6(8(12)13)2-3-7(10)11/h5-6H,2-3H2,1H3,(H,12,13). The summed E-state index contributed by atoms with van der Waals surface area (Å²) >= 11 is 0. The number of hydrogen-bond acceptors (Lipinski definition) is 3. The Labute approximate surface area is 75.6 Å². The maximum absolute atomic E-state index is 11.2. The van der Waals surface area contributed by atoms with Gasteiger partial charge in [-0.2, -0.15) is 5.26 Å². The van der Waals surface area contributed by atoms with Crippen LogP contribution in [-0.2, 0) is 9.59 Å². The van der Waals surface area contributed by atoms with Crippen molar-refractivity contribution in [2.45, 2.75) is 31.8 Å². The number of carbonyl (C=O) groups is 2. The average Bonchev–Trinajstić information content (AvgIpc) is 2.46. The van der Waals surface area contributed by atoms with Crippen molar-refractivity contribution in [1.82, 2.24) is 4.90 Å². The molecule has 5 heteroatoms.